The molecule has 0 unspecified atom stereocenters. The summed E-state index contributed by atoms with van der Waals surface area (Å²) in [6.07, 6.45) is 0. The lowest BCUT2D eigenvalue weighted by Gasteiger charge is -2.09. The fourth-order valence-corrected chi connectivity index (χ4v) is 3.68. The van der Waals surface area contributed by atoms with E-state index in [1.165, 1.54) is 12.1 Å². The van der Waals surface area contributed by atoms with E-state index in [2.05, 4.69) is 25.3 Å². The van der Waals surface area contributed by atoms with Gasteiger partial charge in [0.1, 0.15) is 5.75 Å². The van der Waals surface area contributed by atoms with Crippen LogP contribution in [0.3, 0.4) is 0 Å². The first-order valence-electron chi connectivity index (χ1n) is 10.2. The van der Waals surface area contributed by atoms with Gasteiger partial charge in [0.05, 0.1) is 28.0 Å². The third-order valence-electron chi connectivity index (χ3n) is 5.16. The van der Waals surface area contributed by atoms with Crippen molar-refractivity contribution in [3.05, 3.63) is 76.4 Å². The van der Waals surface area contributed by atoms with Crippen LogP contribution in [-0.4, -0.2) is 33.0 Å². The maximum absolute atomic E-state index is 13.2. The number of pyridine rings is 1. The molecule has 2 aromatic heterocycles. The molecule has 2 heterocycles. The van der Waals surface area contributed by atoms with Crippen molar-refractivity contribution in [1.29, 1.82) is 0 Å². The van der Waals surface area contributed by atoms with Crippen molar-refractivity contribution in [2.45, 2.75) is 20.5 Å². The first-order chi connectivity index (χ1) is 16.2. The average Bonchev–Trinajstić information content (AvgIpc) is 3.10. The number of amides is 1. The Kier molecular flexibility index (Phi) is 6.56. The number of carbonyl (C=O) groups excluding carboxylic acids is 1. The van der Waals surface area contributed by atoms with Crippen molar-refractivity contribution in [2.75, 3.05) is 0 Å². The molecule has 0 aliphatic carbocycles. The molecule has 0 saturated heterocycles. The number of fused-ring (bicyclic) bond motifs is 1. The molecule has 174 valence electrons. The van der Waals surface area contributed by atoms with Gasteiger partial charge < -0.3 is 4.74 Å². The van der Waals surface area contributed by atoms with Gasteiger partial charge in [-0.15, -0.1) is 0 Å². The summed E-state index contributed by atoms with van der Waals surface area (Å²) in [4.78, 5) is 17.9. The molecule has 0 atom stereocenters. The highest BCUT2D eigenvalue weighted by molar-refractivity contribution is 6.30. The van der Waals surface area contributed by atoms with Crippen LogP contribution in [0, 0.1) is 6.92 Å². The number of ether oxygens (including phenoxy) is 1. The Bertz CT molecular complexity index is 1400. The molecule has 0 aliphatic rings. The summed E-state index contributed by atoms with van der Waals surface area (Å²) < 4.78 is 31.0. The molecular weight excluding hydrogens is 464 g/mol. The van der Waals surface area contributed by atoms with Crippen molar-refractivity contribution in [3.63, 3.8) is 0 Å². The number of carbonyl (C=O) groups is 1. The Hall–Kier alpha value is -3.85. The van der Waals surface area contributed by atoms with Gasteiger partial charge in [-0.1, -0.05) is 35.9 Å². The fourth-order valence-electron chi connectivity index (χ4n) is 3.55. The van der Waals surface area contributed by atoms with Crippen LogP contribution in [0.15, 0.2) is 59.7 Å². The van der Waals surface area contributed by atoms with Crippen LogP contribution >= 0.6 is 11.6 Å². The molecular formula is C24H20ClF2N5O2. The molecule has 34 heavy (non-hydrogen) atoms. The van der Waals surface area contributed by atoms with Crippen molar-refractivity contribution >= 4 is 34.3 Å². The largest absolute Gasteiger partial charge is 0.435 e. The summed E-state index contributed by atoms with van der Waals surface area (Å²) in [5.74, 6) is -0.458. The summed E-state index contributed by atoms with van der Waals surface area (Å²) in [6.45, 7) is 0.517. The third kappa shape index (κ3) is 4.89. The van der Waals surface area contributed by atoms with E-state index in [1.54, 1.807) is 55.9 Å². The van der Waals surface area contributed by atoms with Crippen molar-refractivity contribution in [3.8, 4) is 17.0 Å². The standard InChI is InChI=1S/C24H20ClF2N5O2/c1-13(16-5-4-6-18(11-16)34-24(26)27)29-30-23(33)19-12-20(15-7-9-17(25)10-8-15)28-22-21(19)14(2)31-32(22)3/h4-12,24H,1-3H3,(H,30,33). The van der Waals surface area contributed by atoms with Crippen LogP contribution in [0.4, 0.5) is 8.78 Å². The SMILES string of the molecule is CC(=NNC(=O)c1cc(-c2ccc(Cl)cc2)nc2c1c(C)nn2C)c1cccc(OC(F)F)c1. The van der Waals surface area contributed by atoms with E-state index >= 15 is 0 Å². The molecule has 0 radical (unpaired) electrons. The van der Waals surface area contributed by atoms with Crippen LogP contribution in [0.5, 0.6) is 5.75 Å². The Labute approximate surface area is 199 Å². The predicted octanol–water partition coefficient (Wildman–Crippen LogP) is 5.35. The van der Waals surface area contributed by atoms with Crippen LogP contribution in [0.1, 0.15) is 28.5 Å². The van der Waals surface area contributed by atoms with E-state index < -0.39 is 12.5 Å². The Morgan fingerprint density at radius 1 is 1.18 bits per heavy atom. The van der Waals surface area contributed by atoms with E-state index in [9.17, 15) is 13.6 Å². The molecule has 7 nitrogen and oxygen atoms in total. The number of aryl methyl sites for hydroxylation is 2. The Balaban J connectivity index is 1.69. The molecule has 10 heteroatoms. The minimum Gasteiger partial charge on any atom is -0.435 e. The van der Waals surface area contributed by atoms with Gasteiger partial charge in [-0.2, -0.15) is 19.0 Å². The molecule has 0 spiro atoms. The minimum atomic E-state index is -2.93. The van der Waals surface area contributed by atoms with Gasteiger partial charge >= 0.3 is 6.61 Å². The first-order valence-corrected chi connectivity index (χ1v) is 10.6. The van der Waals surface area contributed by atoms with Crippen LogP contribution in [0.25, 0.3) is 22.3 Å². The second kappa shape index (κ2) is 9.56. The molecule has 1 amide bonds. The first kappa shape index (κ1) is 23.3. The van der Waals surface area contributed by atoms with Crippen LogP contribution in [0.2, 0.25) is 5.02 Å². The summed E-state index contributed by atoms with van der Waals surface area (Å²) in [5, 5.41) is 9.76. The predicted molar refractivity (Wildman–Crippen MR) is 126 cm³/mol. The average molecular weight is 484 g/mol. The molecule has 0 aliphatic heterocycles. The molecule has 4 aromatic rings. The summed E-state index contributed by atoms with van der Waals surface area (Å²) in [6, 6.07) is 14.9. The van der Waals surface area contributed by atoms with E-state index in [1.807, 2.05) is 12.1 Å². The number of hydrogen-bond donors (Lipinski definition) is 1. The second-order valence-electron chi connectivity index (χ2n) is 7.51. The lowest BCUT2D eigenvalue weighted by atomic mass is 10.1. The van der Waals surface area contributed by atoms with E-state index in [-0.39, 0.29) is 5.75 Å². The zero-order valence-corrected chi connectivity index (χ0v) is 19.3. The quantitative estimate of drug-likeness (QED) is 0.296. The van der Waals surface area contributed by atoms with Crippen LogP contribution < -0.4 is 10.2 Å². The summed E-state index contributed by atoms with van der Waals surface area (Å²) >= 11 is 6.00. The van der Waals surface area contributed by atoms with Gasteiger partial charge in [0.25, 0.3) is 5.91 Å². The number of nitrogens with one attached hydrogen (secondary N) is 1. The van der Waals surface area contributed by atoms with E-state index in [4.69, 9.17) is 11.6 Å². The Morgan fingerprint density at radius 3 is 2.62 bits per heavy atom. The van der Waals surface area contributed by atoms with Gasteiger partial charge in [0, 0.05) is 23.2 Å². The summed E-state index contributed by atoms with van der Waals surface area (Å²) in [5.41, 5.74) is 6.41. The number of hydrazone groups is 1. The lowest BCUT2D eigenvalue weighted by Crippen LogP contribution is -2.20. The highest BCUT2D eigenvalue weighted by Crippen LogP contribution is 2.27. The van der Waals surface area contributed by atoms with E-state index in [0.29, 0.717) is 44.3 Å². The number of halogens is 3. The van der Waals surface area contributed by atoms with Gasteiger partial charge in [0.15, 0.2) is 5.65 Å². The van der Waals surface area contributed by atoms with Crippen molar-refractivity contribution in [2.24, 2.45) is 12.1 Å². The minimum absolute atomic E-state index is 0.00260. The number of nitrogens with zero attached hydrogens (tertiary/aromatic N) is 4. The number of rotatable bonds is 6. The van der Waals surface area contributed by atoms with Gasteiger partial charge in [-0.3, -0.25) is 9.48 Å². The third-order valence-corrected chi connectivity index (χ3v) is 5.41. The maximum Gasteiger partial charge on any atom is 0.387 e. The second-order valence-corrected chi connectivity index (χ2v) is 7.95. The summed E-state index contributed by atoms with van der Waals surface area (Å²) in [7, 11) is 1.76. The highest BCUT2D eigenvalue weighted by Gasteiger charge is 2.19. The molecule has 4 rings (SSSR count). The van der Waals surface area contributed by atoms with E-state index in [0.717, 1.165) is 5.56 Å². The normalized spacial score (nSPS) is 11.8. The van der Waals surface area contributed by atoms with Gasteiger partial charge in [0.2, 0.25) is 0 Å². The highest BCUT2D eigenvalue weighted by atomic mass is 35.5. The smallest absolute Gasteiger partial charge is 0.387 e. The molecule has 1 N–H and O–H groups in total. The number of hydrogen-bond acceptors (Lipinski definition) is 5. The Morgan fingerprint density at radius 2 is 1.91 bits per heavy atom. The number of benzene rings is 2. The molecule has 0 saturated carbocycles. The van der Waals surface area contributed by atoms with Crippen molar-refractivity contribution in [1.82, 2.24) is 20.2 Å². The van der Waals surface area contributed by atoms with Crippen LogP contribution in [-0.2, 0) is 7.05 Å². The zero-order chi connectivity index (χ0) is 24.4. The molecule has 0 bridgehead atoms. The number of alkyl halides is 2. The van der Waals surface area contributed by atoms with Gasteiger partial charge in [-0.25, -0.2) is 10.4 Å². The molecule has 2 aromatic carbocycles. The van der Waals surface area contributed by atoms with Gasteiger partial charge in [-0.05, 0) is 44.2 Å². The topological polar surface area (TPSA) is 81.4 Å². The monoisotopic (exact) mass is 483 g/mol. The molecule has 0 fully saturated rings. The lowest BCUT2D eigenvalue weighted by molar-refractivity contribution is -0.0498. The zero-order valence-electron chi connectivity index (χ0n) is 18.5. The van der Waals surface area contributed by atoms with Crippen molar-refractivity contribution < 1.29 is 18.3 Å². The number of aromatic nitrogens is 3. The maximum atomic E-state index is 13.2. The fraction of sp³-hybridized carbons (Fsp3) is 0.167.